The summed E-state index contributed by atoms with van der Waals surface area (Å²) in [7, 11) is -3.48. The van der Waals surface area contributed by atoms with Gasteiger partial charge in [0, 0.05) is 61.6 Å². The molecule has 2 saturated heterocycles. The lowest BCUT2D eigenvalue weighted by Crippen LogP contribution is -2.54. The number of carbonyl (C=O) groups is 1. The summed E-state index contributed by atoms with van der Waals surface area (Å²) in [4.78, 5) is 17.8. The molecule has 0 spiro atoms. The van der Waals surface area contributed by atoms with E-state index in [1.165, 1.54) is 11.3 Å². The maximum Gasteiger partial charge on any atom is 0.243 e. The largest absolute Gasteiger partial charge is 0.365 e. The van der Waals surface area contributed by atoms with Gasteiger partial charge >= 0.3 is 0 Å². The summed E-state index contributed by atoms with van der Waals surface area (Å²) in [6.07, 6.45) is 4.80. The molecule has 5 rings (SSSR count). The lowest BCUT2D eigenvalue weighted by Gasteiger charge is -2.41. The Morgan fingerprint density at radius 1 is 0.971 bits per heavy atom. The van der Waals surface area contributed by atoms with Crippen LogP contribution in [0.1, 0.15) is 31.7 Å². The fraction of sp³-hybridized carbons (Fsp3) is 0.444. The molecule has 1 unspecified atom stereocenters. The minimum Gasteiger partial charge on any atom is -0.365 e. The zero-order valence-corrected chi connectivity index (χ0v) is 21.4. The van der Waals surface area contributed by atoms with Gasteiger partial charge in [-0.3, -0.25) is 4.79 Å². The van der Waals surface area contributed by atoms with Crippen molar-refractivity contribution in [1.29, 1.82) is 0 Å². The highest BCUT2D eigenvalue weighted by Crippen LogP contribution is 2.26. The van der Waals surface area contributed by atoms with E-state index in [1.54, 1.807) is 16.4 Å². The van der Waals surface area contributed by atoms with Gasteiger partial charge in [0.1, 0.15) is 6.54 Å². The first-order chi connectivity index (χ1) is 16.8. The zero-order chi connectivity index (χ0) is 24.6. The van der Waals surface area contributed by atoms with Gasteiger partial charge in [0.25, 0.3) is 0 Å². The number of hydrogen-bond acceptors (Lipinski definition) is 4. The van der Waals surface area contributed by atoms with Gasteiger partial charge < -0.3 is 14.4 Å². The molecule has 186 valence electrons. The monoisotopic (exact) mass is 494 g/mol. The number of aryl methyl sites for hydroxylation is 1. The molecule has 0 N–H and O–H groups in total. The third kappa shape index (κ3) is 4.82. The van der Waals surface area contributed by atoms with Crippen molar-refractivity contribution in [1.82, 2.24) is 13.8 Å². The minimum atomic E-state index is -3.48. The summed E-state index contributed by atoms with van der Waals surface area (Å²) in [5.74, 6) is 0.0863. The van der Waals surface area contributed by atoms with E-state index in [-0.39, 0.29) is 18.5 Å². The van der Waals surface area contributed by atoms with Crippen molar-refractivity contribution in [2.24, 2.45) is 0 Å². The number of piperidine rings is 1. The topological polar surface area (TPSA) is 65.9 Å². The summed E-state index contributed by atoms with van der Waals surface area (Å²) >= 11 is 0. The summed E-state index contributed by atoms with van der Waals surface area (Å²) < 4.78 is 29.6. The van der Waals surface area contributed by atoms with E-state index < -0.39 is 10.0 Å². The average molecular weight is 495 g/mol. The molecule has 0 aliphatic carbocycles. The van der Waals surface area contributed by atoms with Crippen molar-refractivity contribution >= 4 is 32.5 Å². The van der Waals surface area contributed by atoms with Crippen LogP contribution in [-0.2, 0) is 21.4 Å². The zero-order valence-electron chi connectivity index (χ0n) is 20.6. The molecule has 7 nitrogen and oxygen atoms in total. The van der Waals surface area contributed by atoms with Crippen molar-refractivity contribution < 1.29 is 13.2 Å². The molecule has 1 aromatic heterocycles. The lowest BCUT2D eigenvalue weighted by atomic mass is 10.1. The Kier molecular flexibility index (Phi) is 6.59. The Balaban J connectivity index is 1.27. The van der Waals surface area contributed by atoms with Crippen molar-refractivity contribution in [3.8, 4) is 0 Å². The van der Waals surface area contributed by atoms with E-state index in [4.69, 9.17) is 0 Å². The fourth-order valence-corrected chi connectivity index (χ4v) is 6.90. The van der Waals surface area contributed by atoms with E-state index >= 15 is 0 Å². The van der Waals surface area contributed by atoms with E-state index in [0.717, 1.165) is 36.7 Å². The number of benzene rings is 2. The normalized spacial score (nSPS) is 19.9. The van der Waals surface area contributed by atoms with Crippen LogP contribution in [0.25, 0.3) is 10.9 Å². The number of fused-ring (bicyclic) bond motifs is 1. The Hall–Kier alpha value is -2.84. The molecule has 2 aromatic carbocycles. The van der Waals surface area contributed by atoms with Crippen molar-refractivity contribution in [3.63, 3.8) is 0 Å². The molecule has 0 saturated carbocycles. The maximum atomic E-state index is 13.2. The Morgan fingerprint density at radius 3 is 2.51 bits per heavy atom. The van der Waals surface area contributed by atoms with Crippen LogP contribution < -0.4 is 4.90 Å². The number of anilines is 1. The predicted octanol–water partition coefficient (Wildman–Crippen LogP) is 3.86. The third-order valence-electron chi connectivity index (χ3n) is 7.31. The Bertz CT molecular complexity index is 1330. The number of nitrogens with zero attached hydrogens (tertiary/aromatic N) is 4. The van der Waals surface area contributed by atoms with E-state index in [9.17, 15) is 13.2 Å². The summed E-state index contributed by atoms with van der Waals surface area (Å²) in [6, 6.07) is 15.9. The van der Waals surface area contributed by atoms with Crippen LogP contribution in [0.4, 0.5) is 5.69 Å². The smallest absolute Gasteiger partial charge is 0.243 e. The first kappa shape index (κ1) is 23.9. The van der Waals surface area contributed by atoms with Gasteiger partial charge in [-0.2, -0.15) is 4.31 Å². The van der Waals surface area contributed by atoms with Gasteiger partial charge in [0.15, 0.2) is 0 Å². The summed E-state index contributed by atoms with van der Waals surface area (Å²) in [5.41, 5.74) is 3.32. The SMILES string of the molecule is Cc1cccc(N2CCN(C(=O)Cn3ccc4cc(S(=O)(=O)N5CCCCC5)ccc43)CC2C)c1. The first-order valence-electron chi connectivity index (χ1n) is 12.5. The van der Waals surface area contributed by atoms with Crippen LogP contribution in [0, 0.1) is 6.92 Å². The fourth-order valence-electron chi connectivity index (χ4n) is 5.35. The van der Waals surface area contributed by atoms with Crippen LogP contribution >= 0.6 is 0 Å². The van der Waals surface area contributed by atoms with Crippen LogP contribution in [0.2, 0.25) is 0 Å². The number of hydrogen-bond donors (Lipinski definition) is 0. The second-order valence-corrected chi connectivity index (χ2v) is 11.8. The predicted molar refractivity (Wildman–Crippen MR) is 139 cm³/mol. The van der Waals surface area contributed by atoms with E-state index in [0.29, 0.717) is 31.1 Å². The highest BCUT2D eigenvalue weighted by molar-refractivity contribution is 7.89. The number of amides is 1. The maximum absolute atomic E-state index is 13.2. The lowest BCUT2D eigenvalue weighted by molar-refractivity contribution is -0.132. The molecule has 2 aliphatic rings. The number of aromatic nitrogens is 1. The van der Waals surface area contributed by atoms with Crippen LogP contribution in [-0.4, -0.2) is 66.9 Å². The van der Waals surface area contributed by atoms with Gasteiger partial charge in [0.05, 0.1) is 4.90 Å². The minimum absolute atomic E-state index is 0.0863. The quantitative estimate of drug-likeness (QED) is 0.540. The summed E-state index contributed by atoms with van der Waals surface area (Å²) in [6.45, 7) is 7.87. The highest BCUT2D eigenvalue weighted by atomic mass is 32.2. The van der Waals surface area contributed by atoms with Crippen LogP contribution in [0.15, 0.2) is 59.6 Å². The Morgan fingerprint density at radius 2 is 1.77 bits per heavy atom. The summed E-state index contributed by atoms with van der Waals surface area (Å²) in [5, 5.41) is 0.841. The molecule has 35 heavy (non-hydrogen) atoms. The second kappa shape index (κ2) is 9.66. The van der Waals surface area contributed by atoms with Crippen LogP contribution in [0.3, 0.4) is 0 Å². The average Bonchev–Trinajstić information content (AvgIpc) is 3.26. The van der Waals surface area contributed by atoms with Crippen LogP contribution in [0.5, 0.6) is 0 Å². The van der Waals surface area contributed by atoms with Crippen molar-refractivity contribution in [2.75, 3.05) is 37.6 Å². The van der Waals surface area contributed by atoms with E-state index in [1.807, 2.05) is 27.8 Å². The third-order valence-corrected chi connectivity index (χ3v) is 9.21. The molecular formula is C27H34N4O3S. The molecule has 3 heterocycles. The van der Waals surface area contributed by atoms with Crippen molar-refractivity contribution in [2.45, 2.75) is 50.6 Å². The van der Waals surface area contributed by atoms with Gasteiger partial charge in [0.2, 0.25) is 15.9 Å². The second-order valence-electron chi connectivity index (χ2n) is 9.85. The van der Waals surface area contributed by atoms with Crippen molar-refractivity contribution in [3.05, 3.63) is 60.3 Å². The number of piperazine rings is 1. The number of carbonyl (C=O) groups excluding carboxylic acids is 1. The Labute approximate surface area is 208 Å². The number of rotatable bonds is 5. The molecule has 2 aliphatic heterocycles. The highest BCUT2D eigenvalue weighted by Gasteiger charge is 2.28. The molecule has 8 heteroatoms. The molecule has 3 aromatic rings. The first-order valence-corrected chi connectivity index (χ1v) is 14.0. The van der Waals surface area contributed by atoms with E-state index in [2.05, 4.69) is 43.0 Å². The van der Waals surface area contributed by atoms with Gasteiger partial charge in [-0.25, -0.2) is 8.42 Å². The molecular weight excluding hydrogens is 460 g/mol. The van der Waals surface area contributed by atoms with Gasteiger partial charge in [-0.1, -0.05) is 18.6 Å². The standard InChI is InChI=1S/C27H34N4O3S/c1-21-7-6-8-24(17-21)31-16-15-29(19-22(31)2)27(32)20-28-14-11-23-18-25(9-10-26(23)28)35(33,34)30-12-4-3-5-13-30/h6-11,14,17-18,22H,3-5,12-13,15-16,19-20H2,1-2H3. The molecule has 2 fully saturated rings. The molecule has 1 amide bonds. The number of sulfonamides is 1. The van der Waals surface area contributed by atoms with Gasteiger partial charge in [-0.05, 0) is 68.7 Å². The molecule has 0 bridgehead atoms. The van der Waals surface area contributed by atoms with Gasteiger partial charge in [-0.15, -0.1) is 0 Å². The molecule has 0 radical (unpaired) electrons. The molecule has 1 atom stereocenters.